The highest BCUT2D eigenvalue weighted by molar-refractivity contribution is 5.88. The molecule has 96 heavy (non-hydrogen) atoms. The average Bonchev–Trinajstić information content (AvgIpc) is 1.67. The zero-order valence-electron chi connectivity index (χ0n) is 55.5. The van der Waals surface area contributed by atoms with E-state index >= 15 is 0 Å². The molecule has 2 N–H and O–H groups in total. The Labute approximate surface area is 560 Å². The molecule has 0 aromatic heterocycles. The molecule has 506 valence electrons. The number of amides is 2. The van der Waals surface area contributed by atoms with Gasteiger partial charge in [0.15, 0.2) is 0 Å². The van der Waals surface area contributed by atoms with Crippen molar-refractivity contribution in [3.8, 4) is 0 Å². The maximum absolute atomic E-state index is 13.5. The second-order valence-corrected chi connectivity index (χ2v) is 23.9. The van der Waals surface area contributed by atoms with Crippen LogP contribution in [0.1, 0.15) is 111 Å². The number of nitrogens with one attached hydrogen (secondary N) is 2. The van der Waals surface area contributed by atoms with Crippen molar-refractivity contribution in [2.75, 3.05) is 50.3 Å². The highest BCUT2D eigenvalue weighted by Gasteiger charge is 2.35. The first-order valence-corrected chi connectivity index (χ1v) is 31.4. The van der Waals surface area contributed by atoms with Gasteiger partial charge in [-0.15, -0.1) is 0 Å². The van der Waals surface area contributed by atoms with E-state index in [1.165, 1.54) is 20.8 Å². The van der Waals surface area contributed by atoms with Crippen LogP contribution in [0.5, 0.6) is 0 Å². The first-order valence-electron chi connectivity index (χ1n) is 31.4. The lowest BCUT2D eigenvalue weighted by molar-refractivity contribution is -0.155. The third kappa shape index (κ3) is 26.8. The summed E-state index contributed by atoms with van der Waals surface area (Å²) in [5.41, 5.74) is 9.23. The molecule has 20 heteroatoms. The summed E-state index contributed by atoms with van der Waals surface area (Å²) in [7, 11) is 0. The fraction of sp³-hybridized carbons (Fsp3) is 0.329. The van der Waals surface area contributed by atoms with Gasteiger partial charge in [-0.05, 0) is 147 Å². The topological polar surface area (TPSA) is 261 Å². The molecule has 0 saturated carbocycles. The van der Waals surface area contributed by atoms with Gasteiger partial charge < -0.3 is 42.6 Å². The Morgan fingerprint density at radius 1 is 0.344 bits per heavy atom. The molecule has 0 aliphatic carbocycles. The Morgan fingerprint density at radius 3 is 0.823 bits per heavy atom. The molecule has 0 bridgehead atoms. The summed E-state index contributed by atoms with van der Waals surface area (Å²) in [5, 5.41) is 5.49. The second kappa shape index (κ2) is 37.3. The van der Waals surface area contributed by atoms with Crippen molar-refractivity contribution >= 4 is 65.3 Å². The lowest BCUT2D eigenvalue weighted by atomic mass is 9.88. The Balaban J connectivity index is 1.02. The minimum atomic E-state index is -1.18. The van der Waals surface area contributed by atoms with Crippen LogP contribution in [0.25, 0.3) is 0 Å². The smallest absolute Gasteiger partial charge is 0.411 e. The third-order valence-electron chi connectivity index (χ3n) is 14.8. The summed E-state index contributed by atoms with van der Waals surface area (Å²) >= 11 is 0. The van der Waals surface area contributed by atoms with Gasteiger partial charge in [0.1, 0.15) is 58.0 Å². The van der Waals surface area contributed by atoms with Crippen molar-refractivity contribution in [2.45, 2.75) is 118 Å². The maximum Gasteiger partial charge on any atom is 0.411 e. The van der Waals surface area contributed by atoms with Gasteiger partial charge in [0.25, 0.3) is 0 Å². The molecule has 20 nitrogen and oxygen atoms in total. The number of anilines is 2. The van der Waals surface area contributed by atoms with Gasteiger partial charge in [0.05, 0.1) is 31.1 Å². The molecule has 0 spiro atoms. The van der Waals surface area contributed by atoms with Crippen molar-refractivity contribution in [3.05, 3.63) is 238 Å². The van der Waals surface area contributed by atoms with Crippen LogP contribution in [0.4, 0.5) is 21.0 Å². The van der Waals surface area contributed by atoms with E-state index in [1.54, 1.807) is 52.0 Å². The van der Waals surface area contributed by atoms with Crippen LogP contribution in [0.15, 0.2) is 182 Å². The van der Waals surface area contributed by atoms with E-state index in [-0.39, 0.29) is 88.5 Å². The molecule has 0 heterocycles. The SMILES string of the molecule is C=C(C)C(=O)OCC(C)OC(=O)Cc1ccc(Cc2ccc(CC(=O)OCC(CC)(COC(=O)Nc3ccc(Cc4ccc(CC(=O)OC(C)COC(=O)C(=C)C)cc4)cc3)COC(=O)Nc3ccc(Cc4ccc(CC(=O)OC(C)COC(=O)C(=C)C)cc4)cc3)cc2)cc1. The average molecular weight is 1310 g/mol. The summed E-state index contributed by atoms with van der Waals surface area (Å²) < 4.78 is 48.8. The molecule has 6 aromatic rings. The Bertz CT molecular complexity index is 3290. The van der Waals surface area contributed by atoms with Crippen LogP contribution in [0.3, 0.4) is 0 Å². The molecular formula is C76H84N2O18. The largest absolute Gasteiger partial charge is 0.465 e. The molecule has 6 rings (SSSR count). The number of rotatable bonds is 35. The molecule has 6 aromatic carbocycles. The van der Waals surface area contributed by atoms with E-state index in [1.807, 2.05) is 121 Å². The fourth-order valence-corrected chi connectivity index (χ4v) is 9.20. The van der Waals surface area contributed by atoms with E-state index < -0.39 is 77.7 Å². The van der Waals surface area contributed by atoms with Crippen LogP contribution in [0.2, 0.25) is 0 Å². The van der Waals surface area contributed by atoms with Crippen molar-refractivity contribution in [2.24, 2.45) is 5.41 Å². The summed E-state index contributed by atoms with van der Waals surface area (Å²) in [6.07, 6.45) is -1.45. The molecule has 3 unspecified atom stereocenters. The third-order valence-corrected chi connectivity index (χ3v) is 14.8. The van der Waals surface area contributed by atoms with Gasteiger partial charge >= 0.3 is 54.0 Å². The Hall–Kier alpha value is -10.6. The van der Waals surface area contributed by atoms with E-state index in [0.29, 0.717) is 36.2 Å². The first-order chi connectivity index (χ1) is 45.8. The second-order valence-electron chi connectivity index (χ2n) is 23.9. The molecule has 0 fully saturated rings. The van der Waals surface area contributed by atoms with E-state index in [4.69, 9.17) is 42.6 Å². The van der Waals surface area contributed by atoms with Crippen molar-refractivity contribution in [1.29, 1.82) is 0 Å². The summed E-state index contributed by atoms with van der Waals surface area (Å²) in [6.45, 7) is 20.8. The Kier molecular flexibility index (Phi) is 28.9. The number of esters is 7. The molecule has 0 aliphatic rings. The highest BCUT2D eigenvalue weighted by atomic mass is 16.6. The van der Waals surface area contributed by atoms with Crippen molar-refractivity contribution in [3.63, 3.8) is 0 Å². The van der Waals surface area contributed by atoms with Gasteiger partial charge in [0, 0.05) is 28.1 Å². The van der Waals surface area contributed by atoms with E-state index in [9.17, 15) is 43.2 Å². The van der Waals surface area contributed by atoms with E-state index in [2.05, 4.69) is 30.4 Å². The van der Waals surface area contributed by atoms with Crippen LogP contribution in [0, 0.1) is 5.41 Å². The predicted molar refractivity (Wildman–Crippen MR) is 359 cm³/mol. The van der Waals surface area contributed by atoms with Crippen LogP contribution < -0.4 is 10.6 Å². The predicted octanol–water partition coefficient (Wildman–Crippen LogP) is 12.2. The number of hydrogen-bond donors (Lipinski definition) is 2. The first kappa shape index (κ1) is 74.4. The minimum absolute atomic E-state index is 0.0370. The normalized spacial score (nSPS) is 12.3. The van der Waals surface area contributed by atoms with Crippen LogP contribution >= 0.6 is 0 Å². The maximum atomic E-state index is 13.5. The van der Waals surface area contributed by atoms with Gasteiger partial charge in [-0.1, -0.05) is 148 Å². The van der Waals surface area contributed by atoms with E-state index in [0.717, 1.165) is 50.1 Å². The molecular weight excluding hydrogens is 1230 g/mol. The fourth-order valence-electron chi connectivity index (χ4n) is 9.20. The summed E-state index contributed by atoms with van der Waals surface area (Å²) in [6, 6.07) is 44.4. The molecule has 0 radical (unpaired) electrons. The number of carbonyl (C=O) groups is 9. The van der Waals surface area contributed by atoms with Gasteiger partial charge in [0.2, 0.25) is 0 Å². The van der Waals surface area contributed by atoms with Crippen molar-refractivity contribution < 1.29 is 85.8 Å². The van der Waals surface area contributed by atoms with Crippen LogP contribution in [-0.2, 0) is 121 Å². The Morgan fingerprint density at radius 2 is 0.573 bits per heavy atom. The number of benzene rings is 6. The van der Waals surface area contributed by atoms with Crippen LogP contribution in [-0.4, -0.2) is 112 Å². The standard InChI is InChI=1S/C76H84N2O18/c1-11-76(46-91-67(79)39-61-20-12-55(13-21-61)36-56-14-22-62(23-15-56)40-68(80)94-52(8)43-88-71(83)49(2)3,47-92-74(86)77-65-32-28-59(29-33-65)37-57-16-24-63(25-17-57)41-69(81)95-53(9)44-89-72(84)50(4)5)48-93-75(87)78-66-34-30-60(31-35-66)38-58-18-26-64(27-19-58)42-70(82)96-54(10)45-90-73(85)51(6)7/h12-35,52-54H,2,4,6,11,36-48H2,1,3,5,7-10H3,(H,77,86)(H,78,87). The number of ether oxygens (including phenoxy) is 9. The highest BCUT2D eigenvalue weighted by Crippen LogP contribution is 2.27. The number of hydrogen-bond acceptors (Lipinski definition) is 18. The van der Waals surface area contributed by atoms with Gasteiger partial charge in [-0.2, -0.15) is 0 Å². The molecule has 2 amide bonds. The zero-order chi connectivity index (χ0) is 69.7. The quantitative estimate of drug-likeness (QED) is 0.0213. The lowest BCUT2D eigenvalue weighted by Gasteiger charge is -2.31. The summed E-state index contributed by atoms with van der Waals surface area (Å²) in [5.74, 6) is -3.59. The van der Waals surface area contributed by atoms with Gasteiger partial charge in [-0.3, -0.25) is 29.8 Å². The zero-order valence-corrected chi connectivity index (χ0v) is 55.5. The summed E-state index contributed by atoms with van der Waals surface area (Å²) in [4.78, 5) is 113. The van der Waals surface area contributed by atoms with Gasteiger partial charge in [-0.25, -0.2) is 24.0 Å². The van der Waals surface area contributed by atoms with Crippen molar-refractivity contribution in [1.82, 2.24) is 0 Å². The number of carbonyl (C=O) groups excluding carboxylic acids is 9. The molecule has 3 atom stereocenters. The molecule has 0 aliphatic heterocycles. The lowest BCUT2D eigenvalue weighted by Crippen LogP contribution is -2.40. The molecule has 0 saturated heterocycles. The monoisotopic (exact) mass is 1310 g/mol. The minimum Gasteiger partial charge on any atom is -0.465 e.